The average molecular weight is 393 g/mol. The molecule has 0 aliphatic carbocycles. The lowest BCUT2D eigenvalue weighted by atomic mass is 10.1. The smallest absolute Gasteiger partial charge is 0.0356 e. The monoisotopic (exact) mass is 392 g/mol. The first-order valence-electron chi connectivity index (χ1n) is 10.3. The SMILES string of the molecule is CCCCCCCCCc1cc2cc3sc(-c4ccccc4)cc3cc2s1. The Kier molecular flexibility index (Phi) is 6.26. The van der Waals surface area contributed by atoms with Gasteiger partial charge < -0.3 is 0 Å². The highest BCUT2D eigenvalue weighted by atomic mass is 32.1. The van der Waals surface area contributed by atoms with Crippen molar-refractivity contribution in [1.82, 2.24) is 0 Å². The number of hydrogen-bond donors (Lipinski definition) is 0. The standard InChI is InChI=1S/C25H28S2/c1-2-3-4-5-6-7-11-14-22-15-20-16-25-21(18-24(20)26-22)17-23(27-25)19-12-9-8-10-13-19/h8-10,12-13,15-18H,2-7,11,14H2,1H3. The van der Waals surface area contributed by atoms with Gasteiger partial charge in [0, 0.05) is 19.2 Å². The number of hydrogen-bond acceptors (Lipinski definition) is 2. The van der Waals surface area contributed by atoms with E-state index in [2.05, 4.69) is 61.5 Å². The van der Waals surface area contributed by atoms with Crippen LogP contribution in [0, 0.1) is 0 Å². The second-order valence-corrected chi connectivity index (χ2v) is 9.74. The quantitative estimate of drug-likeness (QED) is 0.249. The largest absolute Gasteiger partial charge is 0.140 e. The Morgan fingerprint density at radius 2 is 1.33 bits per heavy atom. The molecule has 0 radical (unpaired) electrons. The molecule has 4 aromatic rings. The molecule has 0 unspecified atom stereocenters. The van der Waals surface area contributed by atoms with Gasteiger partial charge in [-0.3, -0.25) is 0 Å². The number of fused-ring (bicyclic) bond motifs is 2. The van der Waals surface area contributed by atoms with Gasteiger partial charge >= 0.3 is 0 Å². The molecule has 4 rings (SSSR count). The molecule has 0 bridgehead atoms. The van der Waals surface area contributed by atoms with E-state index in [1.54, 1.807) is 4.88 Å². The van der Waals surface area contributed by atoms with Crippen LogP contribution >= 0.6 is 22.7 Å². The second kappa shape index (κ2) is 9.03. The molecule has 0 spiro atoms. The Balaban J connectivity index is 1.42. The van der Waals surface area contributed by atoms with Crippen molar-refractivity contribution < 1.29 is 0 Å². The van der Waals surface area contributed by atoms with Crippen LogP contribution in [-0.2, 0) is 6.42 Å². The van der Waals surface area contributed by atoms with Crippen LogP contribution in [0.4, 0.5) is 0 Å². The van der Waals surface area contributed by atoms with Crippen molar-refractivity contribution in [3.63, 3.8) is 0 Å². The lowest BCUT2D eigenvalue weighted by Gasteiger charge is -1.99. The summed E-state index contributed by atoms with van der Waals surface area (Å²) in [4.78, 5) is 2.92. The van der Waals surface area contributed by atoms with Gasteiger partial charge in [0.1, 0.15) is 0 Å². The van der Waals surface area contributed by atoms with E-state index in [0.29, 0.717) is 0 Å². The Hall–Kier alpha value is -1.64. The fourth-order valence-electron chi connectivity index (χ4n) is 3.75. The van der Waals surface area contributed by atoms with Crippen molar-refractivity contribution in [3.05, 3.63) is 59.5 Å². The van der Waals surface area contributed by atoms with Crippen molar-refractivity contribution in [2.75, 3.05) is 0 Å². The van der Waals surface area contributed by atoms with Gasteiger partial charge in [-0.25, -0.2) is 0 Å². The summed E-state index contributed by atoms with van der Waals surface area (Å²) in [6.45, 7) is 2.29. The molecule has 2 heterocycles. The minimum absolute atomic E-state index is 1.25. The predicted molar refractivity (Wildman–Crippen MR) is 124 cm³/mol. The summed E-state index contributed by atoms with van der Waals surface area (Å²) >= 11 is 3.90. The van der Waals surface area contributed by atoms with E-state index < -0.39 is 0 Å². The van der Waals surface area contributed by atoms with E-state index in [4.69, 9.17) is 0 Å². The van der Waals surface area contributed by atoms with Crippen LogP contribution in [0.1, 0.15) is 56.7 Å². The molecule has 0 fully saturated rings. The van der Waals surface area contributed by atoms with Crippen molar-refractivity contribution in [1.29, 1.82) is 0 Å². The van der Waals surface area contributed by atoms with Crippen LogP contribution in [0.3, 0.4) is 0 Å². The van der Waals surface area contributed by atoms with E-state index in [9.17, 15) is 0 Å². The third kappa shape index (κ3) is 4.62. The number of rotatable bonds is 9. The molecule has 140 valence electrons. The predicted octanol–water partition coefficient (Wildman–Crippen LogP) is 9.08. The van der Waals surface area contributed by atoms with Gasteiger partial charge in [0.15, 0.2) is 0 Å². The third-order valence-electron chi connectivity index (χ3n) is 5.29. The van der Waals surface area contributed by atoms with E-state index in [1.165, 1.54) is 82.0 Å². The first-order chi connectivity index (χ1) is 13.3. The van der Waals surface area contributed by atoms with Crippen molar-refractivity contribution >= 4 is 42.8 Å². The zero-order chi connectivity index (χ0) is 18.5. The molecule has 0 amide bonds. The van der Waals surface area contributed by atoms with Crippen LogP contribution < -0.4 is 0 Å². The van der Waals surface area contributed by atoms with Gasteiger partial charge in [-0.1, -0.05) is 75.8 Å². The summed E-state index contributed by atoms with van der Waals surface area (Å²) in [6, 6.07) is 20.3. The second-order valence-electron chi connectivity index (χ2n) is 7.49. The van der Waals surface area contributed by atoms with Crippen LogP contribution in [0.15, 0.2) is 54.6 Å². The lowest BCUT2D eigenvalue weighted by molar-refractivity contribution is 0.590. The number of benzene rings is 2. The van der Waals surface area contributed by atoms with Crippen molar-refractivity contribution in [2.24, 2.45) is 0 Å². The summed E-state index contributed by atoms with van der Waals surface area (Å²) in [5.74, 6) is 0. The van der Waals surface area contributed by atoms with Crippen molar-refractivity contribution in [3.8, 4) is 10.4 Å². The molecule has 0 saturated carbocycles. The van der Waals surface area contributed by atoms with Gasteiger partial charge in [0.05, 0.1) is 0 Å². The maximum atomic E-state index is 2.43. The highest BCUT2D eigenvalue weighted by Crippen LogP contribution is 2.38. The van der Waals surface area contributed by atoms with Crippen LogP contribution in [0.2, 0.25) is 0 Å². The normalized spacial score (nSPS) is 11.6. The first kappa shape index (κ1) is 18.7. The molecule has 0 aliphatic rings. The Morgan fingerprint density at radius 3 is 2.11 bits per heavy atom. The molecular weight excluding hydrogens is 364 g/mol. The van der Waals surface area contributed by atoms with E-state index in [0.717, 1.165) is 0 Å². The Bertz CT molecular complexity index is 940. The molecule has 2 aromatic carbocycles. The molecule has 2 aromatic heterocycles. The van der Waals surface area contributed by atoms with Crippen molar-refractivity contribution in [2.45, 2.75) is 58.3 Å². The maximum Gasteiger partial charge on any atom is 0.0356 e. The minimum Gasteiger partial charge on any atom is -0.140 e. The summed E-state index contributed by atoms with van der Waals surface area (Å²) in [5.41, 5.74) is 1.32. The molecular formula is C25H28S2. The molecule has 27 heavy (non-hydrogen) atoms. The van der Waals surface area contributed by atoms with Crippen LogP contribution in [0.5, 0.6) is 0 Å². The van der Waals surface area contributed by atoms with Gasteiger partial charge in [0.2, 0.25) is 0 Å². The topological polar surface area (TPSA) is 0 Å². The number of unbranched alkanes of at least 4 members (excludes halogenated alkanes) is 6. The van der Waals surface area contributed by atoms with E-state index >= 15 is 0 Å². The van der Waals surface area contributed by atoms with Gasteiger partial charge in [-0.05, 0) is 53.4 Å². The van der Waals surface area contributed by atoms with E-state index in [-0.39, 0.29) is 0 Å². The highest BCUT2D eigenvalue weighted by Gasteiger charge is 2.08. The number of aryl methyl sites for hydroxylation is 1. The molecule has 0 saturated heterocycles. The molecule has 2 heteroatoms. The summed E-state index contributed by atoms with van der Waals surface area (Å²) < 4.78 is 2.85. The summed E-state index contributed by atoms with van der Waals surface area (Å²) in [7, 11) is 0. The van der Waals surface area contributed by atoms with E-state index in [1.807, 2.05) is 22.7 Å². The highest BCUT2D eigenvalue weighted by molar-refractivity contribution is 7.23. The fraction of sp³-hybridized carbons (Fsp3) is 0.360. The fourth-order valence-corrected chi connectivity index (χ4v) is 5.99. The average Bonchev–Trinajstić information content (AvgIpc) is 3.28. The first-order valence-corrected chi connectivity index (χ1v) is 12.0. The van der Waals surface area contributed by atoms with Gasteiger partial charge in [-0.2, -0.15) is 0 Å². The molecule has 0 nitrogen and oxygen atoms in total. The Morgan fingerprint density at radius 1 is 0.667 bits per heavy atom. The zero-order valence-corrected chi connectivity index (χ0v) is 17.8. The zero-order valence-electron chi connectivity index (χ0n) is 16.2. The maximum absolute atomic E-state index is 2.43. The van der Waals surface area contributed by atoms with Gasteiger partial charge in [0.25, 0.3) is 0 Å². The minimum atomic E-state index is 1.25. The summed E-state index contributed by atoms with van der Waals surface area (Å²) in [6.07, 6.45) is 10.9. The molecule has 0 aliphatic heterocycles. The summed E-state index contributed by atoms with van der Waals surface area (Å²) in [5, 5.41) is 2.81. The molecule has 0 N–H and O–H groups in total. The molecule has 0 atom stereocenters. The van der Waals surface area contributed by atoms with Gasteiger partial charge in [-0.15, -0.1) is 22.7 Å². The van der Waals surface area contributed by atoms with Crippen LogP contribution in [-0.4, -0.2) is 0 Å². The Labute approximate surface area is 170 Å². The number of thiophene rings is 2. The lowest BCUT2D eigenvalue weighted by Crippen LogP contribution is -1.82. The van der Waals surface area contributed by atoms with Crippen LogP contribution in [0.25, 0.3) is 30.6 Å². The third-order valence-corrected chi connectivity index (χ3v) is 7.60.